The number of para-hydroxylation sites is 1. The normalized spacial score (nSPS) is 21.1. The number of urea groups is 1. The van der Waals surface area contributed by atoms with Crippen LogP contribution in [0.3, 0.4) is 0 Å². The standard InChI is InChI=1S/C21H27N7O3S/c1-3-21(2)17(30)28(19(31)22-21)25-16(29)14-32-20-24-23-18(26-12-8-5-9-13-26)27(20)15-10-6-4-7-11-15/h4,6-7,10-11H,3,5,8-9,12-14H2,1-2H3,(H,22,31)(H,25,29)/t21-/m0/s1. The van der Waals surface area contributed by atoms with Gasteiger partial charge in [-0.3, -0.25) is 19.6 Å². The van der Waals surface area contributed by atoms with Gasteiger partial charge in [-0.2, -0.15) is 5.01 Å². The lowest BCUT2D eigenvalue weighted by atomic mass is 10.00. The number of anilines is 1. The van der Waals surface area contributed by atoms with E-state index in [0.29, 0.717) is 11.6 Å². The number of benzene rings is 1. The molecular weight excluding hydrogens is 430 g/mol. The van der Waals surface area contributed by atoms with Crippen molar-refractivity contribution in [2.24, 2.45) is 0 Å². The van der Waals surface area contributed by atoms with Gasteiger partial charge in [0.25, 0.3) is 5.91 Å². The highest BCUT2D eigenvalue weighted by molar-refractivity contribution is 7.99. The molecule has 11 heteroatoms. The highest BCUT2D eigenvalue weighted by Gasteiger charge is 2.47. The van der Waals surface area contributed by atoms with Crippen molar-refractivity contribution in [1.29, 1.82) is 0 Å². The second kappa shape index (κ2) is 9.19. The monoisotopic (exact) mass is 457 g/mol. The molecule has 2 aromatic rings. The number of imide groups is 1. The zero-order valence-electron chi connectivity index (χ0n) is 18.2. The number of rotatable bonds is 7. The Hall–Kier alpha value is -3.08. The lowest BCUT2D eigenvalue weighted by molar-refractivity contribution is -0.137. The van der Waals surface area contributed by atoms with E-state index in [2.05, 4.69) is 25.8 Å². The summed E-state index contributed by atoms with van der Waals surface area (Å²) >= 11 is 1.21. The van der Waals surface area contributed by atoms with Gasteiger partial charge in [0, 0.05) is 13.1 Å². The summed E-state index contributed by atoms with van der Waals surface area (Å²) in [6, 6.07) is 9.14. The van der Waals surface area contributed by atoms with Crippen molar-refractivity contribution < 1.29 is 14.4 Å². The first-order valence-electron chi connectivity index (χ1n) is 10.8. The van der Waals surface area contributed by atoms with Gasteiger partial charge in [-0.25, -0.2) is 4.79 Å². The molecule has 170 valence electrons. The Kier molecular flexibility index (Phi) is 6.35. The summed E-state index contributed by atoms with van der Waals surface area (Å²) in [6.07, 6.45) is 3.85. The molecule has 4 rings (SSSR count). The van der Waals surface area contributed by atoms with Crippen LogP contribution in [0.4, 0.5) is 10.7 Å². The number of amides is 4. The molecule has 0 saturated carbocycles. The molecule has 0 radical (unpaired) electrons. The van der Waals surface area contributed by atoms with E-state index >= 15 is 0 Å². The fourth-order valence-electron chi connectivity index (χ4n) is 3.77. The first-order chi connectivity index (χ1) is 15.4. The van der Waals surface area contributed by atoms with Crippen molar-refractivity contribution >= 4 is 35.6 Å². The minimum atomic E-state index is -1.01. The molecule has 2 aliphatic rings. The third-order valence-corrected chi connectivity index (χ3v) is 6.74. The summed E-state index contributed by atoms with van der Waals surface area (Å²) in [5.74, 6) is -0.207. The number of nitrogens with zero attached hydrogens (tertiary/aromatic N) is 5. The third-order valence-electron chi connectivity index (χ3n) is 5.81. The van der Waals surface area contributed by atoms with E-state index in [4.69, 9.17) is 0 Å². The minimum absolute atomic E-state index is 0.0230. The average Bonchev–Trinajstić information content (AvgIpc) is 3.34. The number of carbonyl (C=O) groups is 3. The van der Waals surface area contributed by atoms with Gasteiger partial charge in [0.15, 0.2) is 5.16 Å². The Balaban J connectivity index is 1.48. The van der Waals surface area contributed by atoms with Gasteiger partial charge in [-0.15, -0.1) is 10.2 Å². The van der Waals surface area contributed by atoms with Crippen molar-refractivity contribution in [1.82, 2.24) is 30.5 Å². The third kappa shape index (κ3) is 4.29. The van der Waals surface area contributed by atoms with E-state index < -0.39 is 23.4 Å². The van der Waals surface area contributed by atoms with Crippen molar-refractivity contribution in [3.63, 3.8) is 0 Å². The van der Waals surface area contributed by atoms with E-state index in [9.17, 15) is 14.4 Å². The Morgan fingerprint density at radius 1 is 1.16 bits per heavy atom. The smallest absolute Gasteiger partial charge is 0.341 e. The van der Waals surface area contributed by atoms with Crippen molar-refractivity contribution in [2.45, 2.75) is 50.2 Å². The number of nitrogens with one attached hydrogen (secondary N) is 2. The molecular formula is C21H27N7O3S. The fraction of sp³-hybridized carbons (Fsp3) is 0.476. The molecule has 1 aromatic heterocycles. The maximum atomic E-state index is 12.5. The van der Waals surface area contributed by atoms with Crippen LogP contribution in [0.25, 0.3) is 5.69 Å². The number of aromatic nitrogens is 3. The number of carbonyl (C=O) groups excluding carboxylic acids is 3. The summed E-state index contributed by atoms with van der Waals surface area (Å²) in [4.78, 5) is 39.4. The number of hydrogen-bond acceptors (Lipinski definition) is 7. The number of thioether (sulfide) groups is 1. The zero-order valence-corrected chi connectivity index (χ0v) is 19.0. The van der Waals surface area contributed by atoms with Crippen LogP contribution in [0.1, 0.15) is 39.5 Å². The molecule has 10 nitrogen and oxygen atoms in total. The Morgan fingerprint density at radius 2 is 1.88 bits per heavy atom. The minimum Gasteiger partial charge on any atom is -0.341 e. The quantitative estimate of drug-likeness (QED) is 0.484. The molecule has 4 amide bonds. The molecule has 2 saturated heterocycles. The topological polar surface area (TPSA) is 112 Å². The van der Waals surface area contributed by atoms with Crippen molar-refractivity contribution in [3.05, 3.63) is 30.3 Å². The van der Waals surface area contributed by atoms with Crippen molar-refractivity contribution in [3.8, 4) is 5.69 Å². The van der Waals surface area contributed by atoms with Gasteiger partial charge in [0.05, 0.1) is 11.4 Å². The average molecular weight is 458 g/mol. The van der Waals surface area contributed by atoms with E-state index in [1.54, 1.807) is 13.8 Å². The summed E-state index contributed by atoms with van der Waals surface area (Å²) in [6.45, 7) is 5.27. The zero-order chi connectivity index (χ0) is 22.7. The van der Waals surface area contributed by atoms with Gasteiger partial charge in [-0.05, 0) is 44.7 Å². The predicted molar refractivity (Wildman–Crippen MR) is 120 cm³/mol. The van der Waals surface area contributed by atoms with Crippen LogP contribution in [-0.2, 0) is 9.59 Å². The number of hydrazine groups is 1. The van der Waals surface area contributed by atoms with E-state index in [1.807, 2.05) is 34.9 Å². The van der Waals surface area contributed by atoms with Gasteiger partial charge in [0.1, 0.15) is 5.54 Å². The molecule has 32 heavy (non-hydrogen) atoms. The maximum Gasteiger partial charge on any atom is 0.344 e. The second-order valence-corrected chi connectivity index (χ2v) is 9.02. The molecule has 1 atom stereocenters. The van der Waals surface area contributed by atoms with E-state index in [1.165, 1.54) is 18.2 Å². The molecule has 0 spiro atoms. The predicted octanol–water partition coefficient (Wildman–Crippen LogP) is 2.10. The Labute approximate surface area is 190 Å². The van der Waals surface area contributed by atoms with Gasteiger partial charge in [-0.1, -0.05) is 36.9 Å². The Bertz CT molecular complexity index is 1010. The van der Waals surface area contributed by atoms with Crippen LogP contribution in [0.2, 0.25) is 0 Å². The summed E-state index contributed by atoms with van der Waals surface area (Å²) < 4.78 is 1.95. The highest BCUT2D eigenvalue weighted by atomic mass is 32.2. The van der Waals surface area contributed by atoms with Crippen LogP contribution >= 0.6 is 11.8 Å². The molecule has 2 fully saturated rings. The van der Waals surface area contributed by atoms with Crippen molar-refractivity contribution in [2.75, 3.05) is 23.7 Å². The lowest BCUT2D eigenvalue weighted by Crippen LogP contribution is -2.49. The first kappa shape index (κ1) is 22.1. The molecule has 0 bridgehead atoms. The van der Waals surface area contributed by atoms with Crippen LogP contribution in [0.5, 0.6) is 0 Å². The molecule has 0 aliphatic carbocycles. The maximum absolute atomic E-state index is 12.5. The summed E-state index contributed by atoms with van der Waals surface area (Å²) in [5.41, 5.74) is 2.32. The van der Waals surface area contributed by atoms with Crippen LogP contribution in [-0.4, -0.2) is 62.0 Å². The van der Waals surface area contributed by atoms with E-state index in [0.717, 1.165) is 42.6 Å². The largest absolute Gasteiger partial charge is 0.344 e. The lowest BCUT2D eigenvalue weighted by Gasteiger charge is -2.27. The van der Waals surface area contributed by atoms with Gasteiger partial charge in [0.2, 0.25) is 11.9 Å². The molecule has 2 aliphatic heterocycles. The van der Waals surface area contributed by atoms with Gasteiger partial charge < -0.3 is 10.2 Å². The van der Waals surface area contributed by atoms with Crippen LogP contribution in [0.15, 0.2) is 35.5 Å². The molecule has 1 aromatic carbocycles. The molecule has 0 unspecified atom stereocenters. The summed E-state index contributed by atoms with van der Waals surface area (Å²) in [5, 5.41) is 12.7. The SMILES string of the molecule is CC[C@]1(C)NC(=O)N(NC(=O)CSc2nnc(N3CCCCC3)n2-c2ccccc2)C1=O. The fourth-order valence-corrected chi connectivity index (χ4v) is 4.51. The molecule has 2 N–H and O–H groups in total. The number of hydrogen-bond donors (Lipinski definition) is 2. The number of piperidine rings is 1. The first-order valence-corrected chi connectivity index (χ1v) is 11.8. The second-order valence-electron chi connectivity index (χ2n) is 8.08. The summed E-state index contributed by atoms with van der Waals surface area (Å²) in [7, 11) is 0. The van der Waals surface area contributed by atoms with Crippen LogP contribution < -0.4 is 15.6 Å². The highest BCUT2D eigenvalue weighted by Crippen LogP contribution is 2.28. The van der Waals surface area contributed by atoms with E-state index in [-0.39, 0.29) is 5.75 Å². The molecule has 3 heterocycles. The van der Waals surface area contributed by atoms with Gasteiger partial charge >= 0.3 is 6.03 Å². The van der Waals surface area contributed by atoms with Crippen LogP contribution in [0, 0.1) is 0 Å². The Morgan fingerprint density at radius 3 is 2.53 bits per heavy atom.